The van der Waals surface area contributed by atoms with Crippen LogP contribution in [0.15, 0.2) is 90.9 Å². The molecule has 72 heavy (non-hydrogen) atoms. The topological polar surface area (TPSA) is 274 Å². The fraction of sp³-hybridized carbons (Fsp3) is 0.289. The molecule has 0 aromatic carbocycles. The highest BCUT2D eigenvalue weighted by Crippen LogP contribution is 2.34. The molecule has 12 heterocycles. The van der Waals surface area contributed by atoms with Crippen LogP contribution >= 0.6 is 23.2 Å². The Bertz CT molecular complexity index is 3690. The van der Waals surface area contributed by atoms with Gasteiger partial charge in [0.05, 0.1) is 71.5 Å². The zero-order chi connectivity index (χ0) is 50.3. The van der Waals surface area contributed by atoms with Gasteiger partial charge in [0.1, 0.15) is 23.3 Å². The molecule has 0 radical (unpaired) electrons. The van der Waals surface area contributed by atoms with Gasteiger partial charge < -0.3 is 20.5 Å². The minimum Gasteiger partial charge on any atom is -0.478 e. The summed E-state index contributed by atoms with van der Waals surface area (Å²) in [6, 6.07) is 14.8. The fourth-order valence-corrected chi connectivity index (χ4v) is 9.16. The van der Waals surface area contributed by atoms with Gasteiger partial charge in [-0.05, 0) is 51.0 Å². The number of rotatable bonds is 9. The van der Waals surface area contributed by atoms with Crippen molar-refractivity contribution in [2.45, 2.75) is 56.8 Å². The Morgan fingerprint density at radius 1 is 0.708 bits per heavy atom. The number of hydrogen-bond donors (Lipinski definition) is 2. The van der Waals surface area contributed by atoms with Crippen LogP contribution in [0.25, 0.3) is 33.8 Å². The van der Waals surface area contributed by atoms with Crippen molar-refractivity contribution in [1.82, 2.24) is 88.3 Å². The Balaban J connectivity index is 0.000000144. The minimum absolute atomic E-state index is 0.0407. The lowest BCUT2D eigenvalue weighted by Gasteiger charge is -2.12. The number of anilines is 3. The number of sulfone groups is 1. The summed E-state index contributed by atoms with van der Waals surface area (Å²) < 4.78 is 46.5. The molecule has 370 valence electrons. The van der Waals surface area contributed by atoms with Crippen molar-refractivity contribution in [3.63, 3.8) is 0 Å². The van der Waals surface area contributed by atoms with Gasteiger partial charge in [0.25, 0.3) is 0 Å². The Hall–Kier alpha value is -8.03. The number of nitrogens with two attached hydrogens (primary N) is 1. The molecule has 27 heteroatoms. The molecule has 10 aromatic heterocycles. The van der Waals surface area contributed by atoms with Crippen LogP contribution in [0.5, 0.6) is 11.8 Å². The van der Waals surface area contributed by atoms with Gasteiger partial charge in [-0.25, -0.2) is 37.2 Å². The number of pyridine rings is 2. The highest BCUT2D eigenvalue weighted by Gasteiger charge is 2.28. The normalized spacial score (nSPS) is 15.2. The van der Waals surface area contributed by atoms with E-state index in [9.17, 15) is 8.42 Å². The van der Waals surface area contributed by atoms with Crippen molar-refractivity contribution in [1.29, 1.82) is 0 Å². The van der Waals surface area contributed by atoms with Gasteiger partial charge in [-0.15, -0.1) is 20.4 Å². The number of nitrogen functional groups attached to an aromatic ring is 1. The SMILES string of the molecule is CS(=O)(=O)c1nccc(-c2cc3n4c(nnc4c2)C(Cn2cc(Cl)cn2)CCO3)n1.Cc1cc(N)n(C)n1.Cc1cc(Nc2nccc(-c3cc4n5c(nnc5c3)C(Cn3cc(Cl)cn3)CCO4)n2)n(C)n1. The first-order valence-corrected chi connectivity index (χ1v) is 25.1. The Kier molecular flexibility index (Phi) is 13.0. The van der Waals surface area contributed by atoms with E-state index in [0.717, 1.165) is 59.2 Å². The molecular formula is C45H46Cl2N20O4S. The molecule has 2 atom stereocenters. The highest BCUT2D eigenvalue weighted by molar-refractivity contribution is 7.90. The molecule has 0 spiro atoms. The van der Waals surface area contributed by atoms with Gasteiger partial charge in [-0.2, -0.15) is 20.4 Å². The Morgan fingerprint density at radius 2 is 1.24 bits per heavy atom. The molecule has 0 bridgehead atoms. The van der Waals surface area contributed by atoms with Crippen LogP contribution in [-0.2, 0) is 37.0 Å². The van der Waals surface area contributed by atoms with Crippen LogP contribution in [0.3, 0.4) is 0 Å². The molecule has 2 aliphatic rings. The van der Waals surface area contributed by atoms with Crippen LogP contribution in [0.4, 0.5) is 17.6 Å². The zero-order valence-corrected chi connectivity index (χ0v) is 41.7. The lowest BCUT2D eigenvalue weighted by Crippen LogP contribution is -2.13. The highest BCUT2D eigenvalue weighted by atomic mass is 35.5. The third-order valence-corrected chi connectivity index (χ3v) is 12.9. The molecule has 0 amide bonds. The van der Waals surface area contributed by atoms with Crippen molar-refractivity contribution in [3.05, 3.63) is 119 Å². The molecule has 2 aliphatic heterocycles. The largest absolute Gasteiger partial charge is 0.478 e. The molecule has 24 nitrogen and oxygen atoms in total. The molecule has 0 fully saturated rings. The average Bonchev–Trinajstić information content (AvgIpc) is 4.21. The predicted octanol–water partition coefficient (Wildman–Crippen LogP) is 5.70. The summed E-state index contributed by atoms with van der Waals surface area (Å²) >= 11 is 12.0. The van der Waals surface area contributed by atoms with E-state index in [-0.39, 0.29) is 17.0 Å². The quantitative estimate of drug-likeness (QED) is 0.164. The van der Waals surface area contributed by atoms with Crippen molar-refractivity contribution >= 4 is 61.9 Å². The van der Waals surface area contributed by atoms with Crippen LogP contribution in [-0.4, -0.2) is 116 Å². The van der Waals surface area contributed by atoms with Gasteiger partial charge >= 0.3 is 0 Å². The maximum atomic E-state index is 11.8. The average molecular weight is 1030 g/mol. The predicted molar refractivity (Wildman–Crippen MR) is 265 cm³/mol. The number of aryl methyl sites for hydroxylation is 4. The smallest absolute Gasteiger partial charge is 0.247 e. The maximum absolute atomic E-state index is 11.8. The summed E-state index contributed by atoms with van der Waals surface area (Å²) in [7, 11) is 0.170. The maximum Gasteiger partial charge on any atom is 0.247 e. The van der Waals surface area contributed by atoms with Crippen LogP contribution < -0.4 is 20.5 Å². The number of aromatic nitrogens is 18. The lowest BCUT2D eigenvalue weighted by atomic mass is 10.1. The monoisotopic (exact) mass is 1030 g/mol. The number of halogens is 2. The molecule has 0 aliphatic carbocycles. The van der Waals surface area contributed by atoms with Crippen molar-refractivity contribution < 1.29 is 17.9 Å². The van der Waals surface area contributed by atoms with Gasteiger partial charge in [0.15, 0.2) is 11.3 Å². The van der Waals surface area contributed by atoms with Gasteiger partial charge in [-0.3, -0.25) is 18.7 Å². The minimum atomic E-state index is -3.52. The van der Waals surface area contributed by atoms with Crippen LogP contribution in [0.2, 0.25) is 10.0 Å². The van der Waals surface area contributed by atoms with E-state index in [2.05, 4.69) is 61.1 Å². The van der Waals surface area contributed by atoms with E-state index in [1.807, 2.05) is 78.0 Å². The van der Waals surface area contributed by atoms with Gasteiger partial charge in [0, 0.05) is 92.4 Å². The summed E-state index contributed by atoms with van der Waals surface area (Å²) in [6.07, 6.45) is 12.5. The molecule has 3 N–H and O–H groups in total. The second-order valence-corrected chi connectivity index (χ2v) is 19.9. The third-order valence-electron chi connectivity index (χ3n) is 11.7. The summed E-state index contributed by atoms with van der Waals surface area (Å²) in [4.78, 5) is 17.1. The molecule has 2 unspecified atom stereocenters. The van der Waals surface area contributed by atoms with Gasteiger partial charge in [0.2, 0.25) is 32.7 Å². The standard InChI is InChI=1S/C22H21ClN10O.C18H16ClN7O3S.C5H9N3/c1-13-7-18(31(2)30-13)27-22-24-5-3-17(26-22)15-8-19-28-29-21-14(11-32-12-16(23)10-25-32)4-6-34-20(9-15)33(19)21;1-30(27,28)18-20-4-2-14(22-18)12-6-15-23-24-17-11(9-25-10-13(19)8-21-25)3-5-29-16(7-12)26(15)17;1-4-3-5(6)8(2)7-4/h3,5,7-10,12,14H,4,6,11H2,1-2H3,(H,24,26,27);2,4,6-8,10-11H,3,5,9H2,1H3;3H,6H2,1-2H3. The molecule has 0 saturated carbocycles. The zero-order valence-electron chi connectivity index (χ0n) is 39.4. The van der Waals surface area contributed by atoms with E-state index in [0.29, 0.717) is 82.4 Å². The van der Waals surface area contributed by atoms with Crippen LogP contribution in [0.1, 0.15) is 47.7 Å². The van der Waals surface area contributed by atoms with Crippen molar-refractivity contribution in [3.8, 4) is 34.3 Å². The second kappa shape index (κ2) is 19.6. The molecule has 10 aromatic rings. The first-order valence-electron chi connectivity index (χ1n) is 22.4. The van der Waals surface area contributed by atoms with E-state index >= 15 is 0 Å². The van der Waals surface area contributed by atoms with E-state index in [1.165, 1.54) is 6.20 Å². The van der Waals surface area contributed by atoms with Gasteiger partial charge in [-0.1, -0.05) is 23.2 Å². The fourth-order valence-electron chi connectivity index (χ4n) is 8.33. The number of ether oxygens (including phenoxy) is 2. The van der Waals surface area contributed by atoms with Crippen molar-refractivity contribution in [2.75, 3.05) is 30.5 Å². The van der Waals surface area contributed by atoms with E-state index in [4.69, 9.17) is 43.4 Å². The van der Waals surface area contributed by atoms with Crippen molar-refractivity contribution in [2.24, 2.45) is 14.1 Å². The first kappa shape index (κ1) is 47.6. The number of nitrogens with zero attached hydrogens (tertiary/aromatic N) is 18. The summed E-state index contributed by atoms with van der Waals surface area (Å²) in [6.45, 7) is 6.13. The Morgan fingerprint density at radius 3 is 1.69 bits per heavy atom. The van der Waals surface area contributed by atoms with E-state index < -0.39 is 9.84 Å². The number of nitrogens with one attached hydrogen (secondary N) is 1. The Labute approximate surface area is 420 Å². The van der Waals surface area contributed by atoms with Crippen LogP contribution in [0, 0.1) is 13.8 Å². The number of hydrogen-bond acceptors (Lipinski definition) is 18. The third kappa shape index (κ3) is 10.2. The summed E-state index contributed by atoms with van der Waals surface area (Å²) in [5.74, 6) is 5.01. The lowest BCUT2D eigenvalue weighted by molar-refractivity contribution is 0.290. The van der Waals surface area contributed by atoms with E-state index in [1.54, 1.807) is 57.0 Å². The molecular weight excluding hydrogens is 988 g/mol. The first-order chi connectivity index (χ1) is 34.6. The summed E-state index contributed by atoms with van der Waals surface area (Å²) in [5, 5.41) is 38.7. The summed E-state index contributed by atoms with van der Waals surface area (Å²) in [5.41, 5.74) is 11.3. The molecule has 0 saturated heterocycles. The molecule has 12 rings (SSSR count). The second-order valence-electron chi connectivity index (χ2n) is 17.1.